The molecule has 0 radical (unpaired) electrons. The molecule has 49 heavy (non-hydrogen) atoms. The van der Waals surface area contributed by atoms with Crippen molar-refractivity contribution in [2.24, 2.45) is 0 Å². The van der Waals surface area contributed by atoms with Crippen LogP contribution in [0.4, 0.5) is 0 Å². The van der Waals surface area contributed by atoms with E-state index in [-0.39, 0.29) is 0 Å². The van der Waals surface area contributed by atoms with Gasteiger partial charge in [0.1, 0.15) is 11.2 Å². The summed E-state index contributed by atoms with van der Waals surface area (Å²) in [4.78, 5) is 14.9. The Balaban J connectivity index is 1.09. The summed E-state index contributed by atoms with van der Waals surface area (Å²) in [5, 5.41) is 2.19. The predicted molar refractivity (Wildman–Crippen MR) is 200 cm³/mol. The van der Waals surface area contributed by atoms with Crippen molar-refractivity contribution in [3.8, 4) is 67.4 Å². The van der Waals surface area contributed by atoms with E-state index < -0.39 is 0 Å². The van der Waals surface area contributed by atoms with Crippen LogP contribution in [0.5, 0.6) is 0 Å². The monoisotopic (exact) mass is 627 g/mol. The van der Waals surface area contributed by atoms with Crippen LogP contribution in [-0.2, 0) is 0 Å². The Labute approximate surface area is 284 Å². The summed E-state index contributed by atoms with van der Waals surface area (Å²) in [5.74, 6) is 0.695. The van der Waals surface area contributed by atoms with Gasteiger partial charge in [0.2, 0.25) is 0 Å². The van der Waals surface area contributed by atoms with Crippen LogP contribution in [-0.4, -0.2) is 15.0 Å². The standard InChI is InChI=1S/C45H29N3O/c1-3-10-30(11-4-1)31-17-21-33(22-18-31)40-29-41(48-45(47-40)35-12-5-2-6-13-35)34-23-19-32(20-24-34)37-15-9-27-46-44(37)36-25-26-43-39(28-36)38-14-7-8-16-42(38)49-43/h1-29H. The fourth-order valence-electron chi connectivity index (χ4n) is 6.49. The molecule has 0 saturated carbocycles. The van der Waals surface area contributed by atoms with Gasteiger partial charge in [-0.2, -0.15) is 0 Å². The molecule has 0 aliphatic carbocycles. The molecule has 0 aliphatic rings. The zero-order valence-corrected chi connectivity index (χ0v) is 26.5. The summed E-state index contributed by atoms with van der Waals surface area (Å²) in [6.45, 7) is 0. The van der Waals surface area contributed by atoms with Crippen molar-refractivity contribution in [3.63, 3.8) is 0 Å². The molecule has 230 valence electrons. The van der Waals surface area contributed by atoms with Crippen LogP contribution in [0.25, 0.3) is 89.4 Å². The largest absolute Gasteiger partial charge is 0.456 e. The van der Waals surface area contributed by atoms with E-state index in [0.29, 0.717) is 5.82 Å². The van der Waals surface area contributed by atoms with Crippen LogP contribution >= 0.6 is 0 Å². The fraction of sp³-hybridized carbons (Fsp3) is 0. The van der Waals surface area contributed by atoms with Gasteiger partial charge in [-0.05, 0) is 53.1 Å². The third-order valence-corrected chi connectivity index (χ3v) is 9.00. The lowest BCUT2D eigenvalue weighted by molar-refractivity contribution is 0.669. The van der Waals surface area contributed by atoms with Gasteiger partial charge < -0.3 is 4.42 Å². The third kappa shape index (κ3) is 5.45. The number of fused-ring (bicyclic) bond motifs is 3. The second-order valence-corrected chi connectivity index (χ2v) is 12.1. The fourth-order valence-corrected chi connectivity index (χ4v) is 6.49. The zero-order chi connectivity index (χ0) is 32.6. The molecule has 0 spiro atoms. The van der Waals surface area contributed by atoms with Crippen LogP contribution in [0.15, 0.2) is 180 Å². The van der Waals surface area contributed by atoms with E-state index in [1.807, 2.05) is 60.8 Å². The molecule has 9 aromatic rings. The van der Waals surface area contributed by atoms with E-state index in [0.717, 1.165) is 72.4 Å². The molecule has 4 nitrogen and oxygen atoms in total. The number of hydrogen-bond donors (Lipinski definition) is 0. The minimum Gasteiger partial charge on any atom is -0.456 e. The molecule has 3 heterocycles. The summed E-state index contributed by atoms with van der Waals surface area (Å²) < 4.78 is 6.08. The molecular formula is C45H29N3O. The molecule has 0 atom stereocenters. The van der Waals surface area contributed by atoms with Crippen molar-refractivity contribution in [1.82, 2.24) is 15.0 Å². The number of pyridine rings is 1. The van der Waals surface area contributed by atoms with Gasteiger partial charge >= 0.3 is 0 Å². The van der Waals surface area contributed by atoms with E-state index in [2.05, 4.69) is 115 Å². The maximum absolute atomic E-state index is 6.08. The van der Waals surface area contributed by atoms with Crippen molar-refractivity contribution in [2.45, 2.75) is 0 Å². The lowest BCUT2D eigenvalue weighted by Crippen LogP contribution is -1.96. The molecule has 0 N–H and O–H groups in total. The van der Waals surface area contributed by atoms with E-state index >= 15 is 0 Å². The Morgan fingerprint density at radius 3 is 1.63 bits per heavy atom. The van der Waals surface area contributed by atoms with E-state index in [1.54, 1.807) is 0 Å². The number of benzene rings is 6. The molecule has 0 amide bonds. The molecule has 0 bridgehead atoms. The SMILES string of the molecule is c1ccc(-c2ccc(-c3cc(-c4ccc(-c5cccnc5-c5ccc6oc7ccccc7c6c5)cc4)nc(-c4ccccc4)n3)cc2)cc1. The molecule has 0 fully saturated rings. The molecule has 0 unspecified atom stereocenters. The first kappa shape index (κ1) is 28.6. The second kappa shape index (κ2) is 12.2. The first-order chi connectivity index (χ1) is 24.3. The highest BCUT2D eigenvalue weighted by atomic mass is 16.3. The van der Waals surface area contributed by atoms with Gasteiger partial charge in [-0.1, -0.05) is 133 Å². The first-order valence-electron chi connectivity index (χ1n) is 16.3. The van der Waals surface area contributed by atoms with Gasteiger partial charge in [-0.3, -0.25) is 4.98 Å². The Bertz CT molecular complexity index is 2570. The summed E-state index contributed by atoms with van der Waals surface area (Å²) >= 11 is 0. The Kier molecular flexibility index (Phi) is 7.10. The quantitative estimate of drug-likeness (QED) is 0.184. The summed E-state index contributed by atoms with van der Waals surface area (Å²) in [7, 11) is 0. The molecule has 0 aliphatic heterocycles. The molecule has 6 aromatic carbocycles. The number of nitrogens with zero attached hydrogens (tertiary/aromatic N) is 3. The zero-order valence-electron chi connectivity index (χ0n) is 26.5. The van der Waals surface area contributed by atoms with Crippen LogP contribution in [0, 0.1) is 0 Å². The highest BCUT2D eigenvalue weighted by Gasteiger charge is 2.15. The van der Waals surface area contributed by atoms with E-state index in [4.69, 9.17) is 19.4 Å². The minimum atomic E-state index is 0.695. The lowest BCUT2D eigenvalue weighted by Gasteiger charge is -2.12. The van der Waals surface area contributed by atoms with Crippen LogP contribution < -0.4 is 0 Å². The highest BCUT2D eigenvalue weighted by molar-refractivity contribution is 6.06. The predicted octanol–water partition coefficient (Wildman–Crippen LogP) is 11.8. The molecule has 9 rings (SSSR count). The maximum Gasteiger partial charge on any atom is 0.160 e. The third-order valence-electron chi connectivity index (χ3n) is 9.00. The van der Waals surface area contributed by atoms with Gasteiger partial charge in [0, 0.05) is 44.8 Å². The number of hydrogen-bond acceptors (Lipinski definition) is 4. The molecule has 4 heteroatoms. The van der Waals surface area contributed by atoms with Crippen LogP contribution in [0.1, 0.15) is 0 Å². The first-order valence-corrected chi connectivity index (χ1v) is 16.3. The normalized spacial score (nSPS) is 11.3. The smallest absolute Gasteiger partial charge is 0.160 e. The van der Waals surface area contributed by atoms with E-state index in [9.17, 15) is 0 Å². The number of para-hydroxylation sites is 1. The number of rotatable bonds is 6. The highest BCUT2D eigenvalue weighted by Crippen LogP contribution is 2.36. The van der Waals surface area contributed by atoms with Gasteiger partial charge in [-0.15, -0.1) is 0 Å². The van der Waals surface area contributed by atoms with Gasteiger partial charge in [0.05, 0.1) is 17.1 Å². The maximum atomic E-state index is 6.08. The van der Waals surface area contributed by atoms with Crippen molar-refractivity contribution < 1.29 is 4.42 Å². The van der Waals surface area contributed by atoms with Crippen molar-refractivity contribution in [3.05, 3.63) is 176 Å². The summed E-state index contributed by atoms with van der Waals surface area (Å²) in [5.41, 5.74) is 13.0. The van der Waals surface area contributed by atoms with Gasteiger partial charge in [-0.25, -0.2) is 9.97 Å². The van der Waals surface area contributed by atoms with Crippen LogP contribution in [0.2, 0.25) is 0 Å². The molecule has 3 aromatic heterocycles. The topological polar surface area (TPSA) is 51.8 Å². The average molecular weight is 628 g/mol. The van der Waals surface area contributed by atoms with Crippen LogP contribution in [0.3, 0.4) is 0 Å². The Morgan fingerprint density at radius 1 is 0.367 bits per heavy atom. The van der Waals surface area contributed by atoms with Gasteiger partial charge in [0.15, 0.2) is 5.82 Å². The summed E-state index contributed by atoms with van der Waals surface area (Å²) in [6, 6.07) is 58.4. The summed E-state index contributed by atoms with van der Waals surface area (Å²) in [6.07, 6.45) is 1.85. The molecule has 0 saturated heterocycles. The van der Waals surface area contributed by atoms with Gasteiger partial charge in [0.25, 0.3) is 0 Å². The average Bonchev–Trinajstić information content (AvgIpc) is 3.57. The van der Waals surface area contributed by atoms with Crippen molar-refractivity contribution >= 4 is 21.9 Å². The van der Waals surface area contributed by atoms with Crippen molar-refractivity contribution in [1.29, 1.82) is 0 Å². The second-order valence-electron chi connectivity index (χ2n) is 12.1. The lowest BCUT2D eigenvalue weighted by atomic mass is 9.96. The Hall–Kier alpha value is -6.65. The molecular weight excluding hydrogens is 599 g/mol. The minimum absolute atomic E-state index is 0.695. The van der Waals surface area contributed by atoms with E-state index in [1.165, 1.54) is 11.1 Å². The van der Waals surface area contributed by atoms with Crippen molar-refractivity contribution in [2.75, 3.05) is 0 Å². The number of aromatic nitrogens is 3. The Morgan fingerprint density at radius 2 is 0.918 bits per heavy atom. The number of furan rings is 1.